The summed E-state index contributed by atoms with van der Waals surface area (Å²) < 4.78 is 0. The van der Waals surface area contributed by atoms with Gasteiger partial charge in [-0.05, 0) is 37.1 Å². The number of thioether (sulfide) groups is 2. The lowest BCUT2D eigenvalue weighted by Gasteiger charge is -2.23. The van der Waals surface area contributed by atoms with Crippen LogP contribution in [0.15, 0.2) is 70.5 Å². The van der Waals surface area contributed by atoms with Gasteiger partial charge in [0.15, 0.2) is 5.78 Å². The average molecular weight is 399 g/mol. The summed E-state index contributed by atoms with van der Waals surface area (Å²) in [7, 11) is 0. The Morgan fingerprint density at radius 1 is 0.556 bits per heavy atom. The van der Waals surface area contributed by atoms with E-state index in [2.05, 4.69) is 48.5 Å². The minimum Gasteiger partial charge on any atom is -0.297 e. The third-order valence-electron chi connectivity index (χ3n) is 5.11. The quantitative estimate of drug-likeness (QED) is 0.534. The summed E-state index contributed by atoms with van der Waals surface area (Å²) in [5.41, 5.74) is 0. The van der Waals surface area contributed by atoms with Crippen LogP contribution in [-0.2, 0) is 4.79 Å². The van der Waals surface area contributed by atoms with Gasteiger partial charge in [0.1, 0.15) is 0 Å². The Labute approximate surface area is 172 Å². The highest BCUT2D eigenvalue weighted by molar-refractivity contribution is 8.02. The van der Waals surface area contributed by atoms with E-state index >= 15 is 0 Å². The number of Topliss-reactive ketones (excluding diaryl/α,β-unsaturated/α-hetero) is 1. The first kappa shape index (κ1) is 20.5. The SMILES string of the molecule is O=C1[C@@H](Sc2ccccc2)CCCCCCCCC[C@H]1Sc1ccccc1. The molecule has 0 N–H and O–H groups in total. The van der Waals surface area contributed by atoms with E-state index in [1.54, 1.807) is 23.5 Å². The van der Waals surface area contributed by atoms with E-state index in [1.807, 2.05) is 12.1 Å². The van der Waals surface area contributed by atoms with Gasteiger partial charge in [0, 0.05) is 9.79 Å². The highest BCUT2D eigenvalue weighted by atomic mass is 32.2. The van der Waals surface area contributed by atoms with Crippen molar-refractivity contribution >= 4 is 29.3 Å². The maximum Gasteiger partial charge on any atom is 0.159 e. The minimum atomic E-state index is 0.0769. The highest BCUT2D eigenvalue weighted by Gasteiger charge is 2.28. The molecule has 0 spiro atoms. The lowest BCUT2D eigenvalue weighted by Crippen LogP contribution is -2.28. The zero-order chi connectivity index (χ0) is 18.7. The zero-order valence-corrected chi connectivity index (χ0v) is 17.6. The molecular formula is C24H30OS2. The van der Waals surface area contributed by atoms with Crippen LogP contribution in [-0.4, -0.2) is 16.3 Å². The molecule has 3 heteroatoms. The van der Waals surface area contributed by atoms with Gasteiger partial charge in [-0.2, -0.15) is 0 Å². The van der Waals surface area contributed by atoms with Crippen LogP contribution in [0.1, 0.15) is 57.8 Å². The van der Waals surface area contributed by atoms with Gasteiger partial charge in [0.25, 0.3) is 0 Å². The molecule has 0 unspecified atom stereocenters. The predicted octanol–water partition coefficient (Wildman–Crippen LogP) is 7.40. The number of hydrogen-bond donors (Lipinski definition) is 0. The fourth-order valence-electron chi connectivity index (χ4n) is 3.60. The Hall–Kier alpha value is -1.19. The first-order valence-corrected chi connectivity index (χ1v) is 12.1. The molecule has 1 aliphatic carbocycles. The van der Waals surface area contributed by atoms with E-state index < -0.39 is 0 Å². The summed E-state index contributed by atoms with van der Waals surface area (Å²) in [5.74, 6) is 0.443. The van der Waals surface area contributed by atoms with Crippen LogP contribution in [0.5, 0.6) is 0 Å². The normalized spacial score (nSPS) is 22.6. The Morgan fingerprint density at radius 2 is 0.926 bits per heavy atom. The van der Waals surface area contributed by atoms with Crippen molar-refractivity contribution in [1.82, 2.24) is 0 Å². The first-order chi connectivity index (χ1) is 13.3. The van der Waals surface area contributed by atoms with Crippen LogP contribution in [0, 0.1) is 0 Å². The Kier molecular flexibility index (Phi) is 8.83. The molecule has 1 saturated carbocycles. The molecule has 2 atom stereocenters. The molecule has 27 heavy (non-hydrogen) atoms. The minimum absolute atomic E-state index is 0.0769. The molecule has 2 aromatic rings. The summed E-state index contributed by atoms with van der Waals surface area (Å²) in [5, 5.41) is 0.154. The van der Waals surface area contributed by atoms with Gasteiger partial charge < -0.3 is 0 Å². The van der Waals surface area contributed by atoms with E-state index in [0.29, 0.717) is 5.78 Å². The Bertz CT molecular complexity index is 614. The summed E-state index contributed by atoms with van der Waals surface area (Å²) >= 11 is 3.55. The van der Waals surface area contributed by atoms with E-state index in [9.17, 15) is 4.79 Å². The number of carbonyl (C=O) groups is 1. The van der Waals surface area contributed by atoms with Crippen LogP contribution in [0.2, 0.25) is 0 Å². The average Bonchev–Trinajstić information content (AvgIpc) is 2.71. The lowest BCUT2D eigenvalue weighted by atomic mass is 10.00. The third-order valence-corrected chi connectivity index (χ3v) is 7.70. The van der Waals surface area contributed by atoms with Crippen LogP contribution < -0.4 is 0 Å². The topological polar surface area (TPSA) is 17.1 Å². The van der Waals surface area contributed by atoms with Crippen molar-refractivity contribution in [3.63, 3.8) is 0 Å². The van der Waals surface area contributed by atoms with Crippen LogP contribution in [0.3, 0.4) is 0 Å². The molecule has 144 valence electrons. The molecule has 0 aliphatic heterocycles. The smallest absolute Gasteiger partial charge is 0.159 e. The molecule has 1 aliphatic rings. The summed E-state index contributed by atoms with van der Waals surface area (Å²) in [6.45, 7) is 0. The van der Waals surface area contributed by atoms with Crippen LogP contribution in [0.4, 0.5) is 0 Å². The summed E-state index contributed by atoms with van der Waals surface area (Å²) in [6.07, 6.45) is 10.8. The maximum atomic E-state index is 13.5. The van der Waals surface area contributed by atoms with Gasteiger partial charge in [-0.1, -0.05) is 81.3 Å². The number of carbonyl (C=O) groups excluding carboxylic acids is 1. The molecule has 0 aromatic heterocycles. The van der Waals surface area contributed by atoms with Crippen molar-refractivity contribution in [1.29, 1.82) is 0 Å². The molecule has 0 heterocycles. The van der Waals surface area contributed by atoms with Crippen molar-refractivity contribution < 1.29 is 4.79 Å². The molecule has 0 amide bonds. The van der Waals surface area contributed by atoms with Gasteiger partial charge in [-0.3, -0.25) is 4.79 Å². The second kappa shape index (κ2) is 11.6. The standard InChI is InChI=1S/C24H30OS2/c25-24-22(26-20-14-8-6-9-15-20)18-12-4-2-1-3-5-13-19-23(24)27-21-16-10-7-11-17-21/h6-11,14-17,22-23H,1-5,12-13,18-19H2/t22-,23+. The third kappa shape index (κ3) is 7.04. The van der Waals surface area contributed by atoms with E-state index in [-0.39, 0.29) is 10.5 Å². The molecule has 2 aromatic carbocycles. The van der Waals surface area contributed by atoms with Crippen molar-refractivity contribution in [2.75, 3.05) is 0 Å². The van der Waals surface area contributed by atoms with Gasteiger partial charge in [0.2, 0.25) is 0 Å². The molecule has 0 saturated heterocycles. The van der Waals surface area contributed by atoms with Gasteiger partial charge in [0.05, 0.1) is 10.5 Å². The van der Waals surface area contributed by atoms with Crippen molar-refractivity contribution in [3.8, 4) is 0 Å². The lowest BCUT2D eigenvalue weighted by molar-refractivity contribution is -0.118. The largest absolute Gasteiger partial charge is 0.297 e. The van der Waals surface area contributed by atoms with Gasteiger partial charge >= 0.3 is 0 Å². The monoisotopic (exact) mass is 398 g/mol. The second-order valence-corrected chi connectivity index (χ2v) is 9.85. The second-order valence-electron chi connectivity index (χ2n) is 7.29. The summed E-state index contributed by atoms with van der Waals surface area (Å²) in [4.78, 5) is 16.0. The molecule has 3 rings (SSSR count). The van der Waals surface area contributed by atoms with Crippen molar-refractivity contribution in [2.24, 2.45) is 0 Å². The van der Waals surface area contributed by atoms with Crippen molar-refractivity contribution in [3.05, 3.63) is 60.7 Å². The molecule has 0 bridgehead atoms. The van der Waals surface area contributed by atoms with E-state index in [4.69, 9.17) is 0 Å². The van der Waals surface area contributed by atoms with Crippen molar-refractivity contribution in [2.45, 2.75) is 78.1 Å². The van der Waals surface area contributed by atoms with Gasteiger partial charge in [-0.15, -0.1) is 23.5 Å². The number of benzene rings is 2. The Balaban J connectivity index is 1.75. The fraction of sp³-hybridized carbons (Fsp3) is 0.458. The van der Waals surface area contributed by atoms with Crippen LogP contribution in [0.25, 0.3) is 0 Å². The summed E-state index contributed by atoms with van der Waals surface area (Å²) in [6, 6.07) is 20.9. The molecule has 1 nitrogen and oxygen atoms in total. The van der Waals surface area contributed by atoms with E-state index in [0.717, 1.165) is 12.8 Å². The van der Waals surface area contributed by atoms with Crippen LogP contribution >= 0.6 is 23.5 Å². The first-order valence-electron chi connectivity index (χ1n) is 10.3. The van der Waals surface area contributed by atoms with E-state index in [1.165, 1.54) is 54.7 Å². The van der Waals surface area contributed by atoms with Gasteiger partial charge in [-0.25, -0.2) is 0 Å². The zero-order valence-electron chi connectivity index (χ0n) is 16.0. The molecule has 0 radical (unpaired) electrons. The Morgan fingerprint density at radius 3 is 1.33 bits per heavy atom. The maximum absolute atomic E-state index is 13.5. The fourth-order valence-corrected chi connectivity index (χ4v) is 6.10. The number of rotatable bonds is 4. The number of ketones is 1. The predicted molar refractivity (Wildman–Crippen MR) is 119 cm³/mol. The molecule has 1 fully saturated rings. The highest BCUT2D eigenvalue weighted by Crippen LogP contribution is 2.35. The number of hydrogen-bond acceptors (Lipinski definition) is 3. The molecular weight excluding hydrogens is 368 g/mol.